The molecule has 2 amide bonds. The number of anilines is 1. The molecular weight excluding hydrogens is 266 g/mol. The van der Waals surface area contributed by atoms with Gasteiger partial charge in [0, 0.05) is 25.4 Å². The lowest BCUT2D eigenvalue weighted by Gasteiger charge is -2.25. The van der Waals surface area contributed by atoms with Gasteiger partial charge in [-0.25, -0.2) is 4.79 Å². The number of hydrogen-bond donors (Lipinski definition) is 1. The number of ether oxygens (including phenoxy) is 1. The quantitative estimate of drug-likeness (QED) is 0.927. The summed E-state index contributed by atoms with van der Waals surface area (Å²) in [5.74, 6) is 0. The first-order valence-electron chi connectivity index (χ1n) is 7.63. The Hall–Kier alpha value is -1.62. The summed E-state index contributed by atoms with van der Waals surface area (Å²) in [6, 6.07) is 1.91. The van der Waals surface area contributed by atoms with Gasteiger partial charge in [0.1, 0.15) is 0 Å². The van der Waals surface area contributed by atoms with E-state index >= 15 is 0 Å². The van der Waals surface area contributed by atoms with Crippen LogP contribution in [-0.2, 0) is 4.74 Å². The Morgan fingerprint density at radius 1 is 1.48 bits per heavy atom. The standard InChI is InChI=1S/C16H25N3O2/c1-5-19(10-14-7-6-8-21-14)16(20)18-15-11(2)9-12(3)17-13(15)4/h9,14H,5-8,10H2,1-4H3,(H,18,20). The first-order valence-corrected chi connectivity index (χ1v) is 7.63. The molecule has 5 nitrogen and oxygen atoms in total. The highest BCUT2D eigenvalue weighted by Gasteiger charge is 2.22. The fourth-order valence-corrected chi connectivity index (χ4v) is 2.79. The molecule has 0 radical (unpaired) electrons. The van der Waals surface area contributed by atoms with Crippen LogP contribution in [0.15, 0.2) is 6.07 Å². The van der Waals surface area contributed by atoms with E-state index in [1.54, 1.807) is 4.90 Å². The van der Waals surface area contributed by atoms with Crippen LogP contribution in [0.2, 0.25) is 0 Å². The van der Waals surface area contributed by atoms with Crippen LogP contribution in [-0.4, -0.2) is 41.7 Å². The van der Waals surface area contributed by atoms with Crippen molar-refractivity contribution in [3.63, 3.8) is 0 Å². The van der Waals surface area contributed by atoms with Gasteiger partial charge in [0.05, 0.1) is 17.5 Å². The van der Waals surface area contributed by atoms with Gasteiger partial charge in [-0.1, -0.05) is 0 Å². The maximum absolute atomic E-state index is 12.5. The smallest absolute Gasteiger partial charge is 0.321 e. The summed E-state index contributed by atoms with van der Waals surface area (Å²) >= 11 is 0. The number of urea groups is 1. The van der Waals surface area contributed by atoms with Gasteiger partial charge in [-0.3, -0.25) is 4.98 Å². The van der Waals surface area contributed by atoms with Crippen molar-refractivity contribution in [2.24, 2.45) is 0 Å². The summed E-state index contributed by atoms with van der Waals surface area (Å²) in [5.41, 5.74) is 3.68. The Morgan fingerprint density at radius 3 is 2.81 bits per heavy atom. The number of likely N-dealkylation sites (N-methyl/N-ethyl adjacent to an activating group) is 1. The van der Waals surface area contributed by atoms with E-state index in [1.165, 1.54) is 0 Å². The van der Waals surface area contributed by atoms with Crippen molar-refractivity contribution >= 4 is 11.7 Å². The molecule has 1 saturated heterocycles. The molecule has 2 heterocycles. The van der Waals surface area contributed by atoms with Crippen LogP contribution in [0.3, 0.4) is 0 Å². The summed E-state index contributed by atoms with van der Waals surface area (Å²) in [6.07, 6.45) is 2.30. The van der Waals surface area contributed by atoms with Crippen LogP contribution in [0.25, 0.3) is 0 Å². The molecule has 116 valence electrons. The minimum absolute atomic E-state index is 0.0788. The van der Waals surface area contributed by atoms with E-state index < -0.39 is 0 Å². The predicted octanol–water partition coefficient (Wildman–Crippen LogP) is 3.04. The molecule has 1 aromatic heterocycles. The highest BCUT2D eigenvalue weighted by molar-refractivity contribution is 5.90. The SMILES string of the molecule is CCN(CC1CCCO1)C(=O)Nc1c(C)cc(C)nc1C. The predicted molar refractivity (Wildman–Crippen MR) is 83.7 cm³/mol. The summed E-state index contributed by atoms with van der Waals surface area (Å²) in [7, 11) is 0. The average molecular weight is 291 g/mol. The van der Waals surface area contributed by atoms with E-state index in [2.05, 4.69) is 10.3 Å². The number of aromatic nitrogens is 1. The number of nitrogens with zero attached hydrogens (tertiary/aromatic N) is 2. The minimum Gasteiger partial charge on any atom is -0.376 e. The van der Waals surface area contributed by atoms with Gasteiger partial charge in [0.25, 0.3) is 0 Å². The van der Waals surface area contributed by atoms with Gasteiger partial charge in [-0.2, -0.15) is 0 Å². The van der Waals surface area contributed by atoms with E-state index in [1.807, 2.05) is 33.8 Å². The second-order valence-electron chi connectivity index (χ2n) is 5.64. The first-order chi connectivity index (χ1) is 10.0. The molecule has 1 aliphatic heterocycles. The number of hydrogen-bond acceptors (Lipinski definition) is 3. The number of carbonyl (C=O) groups is 1. The highest BCUT2D eigenvalue weighted by Crippen LogP contribution is 2.20. The molecule has 0 saturated carbocycles. The summed E-state index contributed by atoms with van der Waals surface area (Å²) in [5, 5.41) is 3.00. The number of pyridine rings is 1. The molecule has 0 bridgehead atoms. The van der Waals surface area contributed by atoms with E-state index in [9.17, 15) is 4.79 Å². The van der Waals surface area contributed by atoms with E-state index in [4.69, 9.17) is 4.74 Å². The van der Waals surface area contributed by atoms with Crippen LogP contribution in [0.4, 0.5) is 10.5 Å². The third kappa shape index (κ3) is 3.94. The van der Waals surface area contributed by atoms with Crippen LogP contribution in [0, 0.1) is 20.8 Å². The zero-order valence-electron chi connectivity index (χ0n) is 13.4. The zero-order valence-corrected chi connectivity index (χ0v) is 13.4. The molecule has 1 fully saturated rings. The lowest BCUT2D eigenvalue weighted by Crippen LogP contribution is -2.40. The van der Waals surface area contributed by atoms with Crippen molar-refractivity contribution in [3.8, 4) is 0 Å². The fourth-order valence-electron chi connectivity index (χ4n) is 2.79. The average Bonchev–Trinajstić information content (AvgIpc) is 2.92. The van der Waals surface area contributed by atoms with Crippen molar-refractivity contribution in [3.05, 3.63) is 23.0 Å². The summed E-state index contributed by atoms with van der Waals surface area (Å²) < 4.78 is 5.61. The molecule has 1 N–H and O–H groups in total. The van der Waals surface area contributed by atoms with Gasteiger partial charge in [-0.05, 0) is 52.2 Å². The third-order valence-electron chi connectivity index (χ3n) is 3.87. The molecule has 1 unspecified atom stereocenters. The molecule has 1 atom stereocenters. The van der Waals surface area contributed by atoms with E-state index in [0.29, 0.717) is 13.1 Å². The topological polar surface area (TPSA) is 54.5 Å². The monoisotopic (exact) mass is 291 g/mol. The van der Waals surface area contributed by atoms with Gasteiger partial charge < -0.3 is 15.0 Å². The van der Waals surface area contributed by atoms with Crippen molar-refractivity contribution in [2.75, 3.05) is 25.0 Å². The van der Waals surface area contributed by atoms with Crippen molar-refractivity contribution in [2.45, 2.75) is 46.6 Å². The van der Waals surface area contributed by atoms with Gasteiger partial charge in [0.2, 0.25) is 0 Å². The maximum atomic E-state index is 12.5. The van der Waals surface area contributed by atoms with E-state index in [-0.39, 0.29) is 12.1 Å². The highest BCUT2D eigenvalue weighted by atomic mass is 16.5. The van der Waals surface area contributed by atoms with Crippen molar-refractivity contribution < 1.29 is 9.53 Å². The fraction of sp³-hybridized carbons (Fsp3) is 0.625. The number of rotatable bonds is 4. The Bertz CT molecular complexity index is 487. The van der Waals surface area contributed by atoms with Gasteiger partial charge >= 0.3 is 6.03 Å². The maximum Gasteiger partial charge on any atom is 0.321 e. The molecule has 0 spiro atoms. The van der Waals surface area contributed by atoms with Crippen molar-refractivity contribution in [1.29, 1.82) is 0 Å². The molecule has 5 heteroatoms. The molecule has 1 aliphatic rings. The second kappa shape index (κ2) is 6.89. The second-order valence-corrected chi connectivity index (χ2v) is 5.64. The van der Waals surface area contributed by atoms with Crippen LogP contribution >= 0.6 is 0 Å². The molecule has 0 aromatic carbocycles. The van der Waals surface area contributed by atoms with Gasteiger partial charge in [-0.15, -0.1) is 0 Å². The number of nitrogens with one attached hydrogen (secondary N) is 1. The number of aryl methyl sites for hydroxylation is 3. The Kier molecular flexibility index (Phi) is 5.17. The molecule has 0 aliphatic carbocycles. The van der Waals surface area contributed by atoms with Gasteiger partial charge in [0.15, 0.2) is 0 Å². The van der Waals surface area contributed by atoms with Crippen LogP contribution in [0.5, 0.6) is 0 Å². The molecule has 21 heavy (non-hydrogen) atoms. The zero-order chi connectivity index (χ0) is 15.4. The normalized spacial score (nSPS) is 17.8. The number of amides is 2. The Morgan fingerprint density at radius 2 is 2.24 bits per heavy atom. The molecule has 2 rings (SSSR count). The lowest BCUT2D eigenvalue weighted by atomic mass is 10.1. The lowest BCUT2D eigenvalue weighted by molar-refractivity contribution is 0.0849. The van der Waals surface area contributed by atoms with Crippen molar-refractivity contribution in [1.82, 2.24) is 9.88 Å². The number of carbonyl (C=O) groups excluding carboxylic acids is 1. The first kappa shape index (κ1) is 15.8. The third-order valence-corrected chi connectivity index (χ3v) is 3.87. The molecular formula is C16H25N3O2. The molecule has 1 aromatic rings. The largest absolute Gasteiger partial charge is 0.376 e. The summed E-state index contributed by atoms with van der Waals surface area (Å²) in [6.45, 7) is 10.00. The van der Waals surface area contributed by atoms with Crippen LogP contribution in [0.1, 0.15) is 36.7 Å². The van der Waals surface area contributed by atoms with Crippen LogP contribution < -0.4 is 5.32 Å². The van der Waals surface area contributed by atoms with E-state index in [0.717, 1.165) is 42.1 Å². The Labute approximate surface area is 126 Å². The minimum atomic E-state index is -0.0788. The summed E-state index contributed by atoms with van der Waals surface area (Å²) in [4.78, 5) is 18.7. The Balaban J connectivity index is 2.05.